The van der Waals surface area contributed by atoms with Crippen molar-refractivity contribution in [1.82, 2.24) is 9.55 Å². The summed E-state index contributed by atoms with van der Waals surface area (Å²) in [4.78, 5) is 4.25. The molecule has 1 aromatic heterocycles. The van der Waals surface area contributed by atoms with Gasteiger partial charge in [-0.1, -0.05) is 19.1 Å². The van der Waals surface area contributed by atoms with Crippen LogP contribution >= 0.6 is 0 Å². The highest BCUT2D eigenvalue weighted by Crippen LogP contribution is 2.19. The molecule has 4 nitrogen and oxygen atoms in total. The van der Waals surface area contributed by atoms with Gasteiger partial charge in [0, 0.05) is 25.9 Å². The molecular formula is C15H20N2O2. The van der Waals surface area contributed by atoms with Crippen molar-refractivity contribution in [2.24, 2.45) is 7.05 Å². The van der Waals surface area contributed by atoms with E-state index in [0.717, 1.165) is 30.0 Å². The van der Waals surface area contributed by atoms with E-state index in [-0.39, 0.29) is 6.10 Å². The van der Waals surface area contributed by atoms with Gasteiger partial charge in [-0.25, -0.2) is 4.98 Å². The minimum atomic E-state index is -0.387. The Morgan fingerprint density at radius 3 is 2.63 bits per heavy atom. The summed E-state index contributed by atoms with van der Waals surface area (Å²) >= 11 is 0. The van der Waals surface area contributed by atoms with Gasteiger partial charge in [-0.05, 0) is 24.1 Å². The first-order chi connectivity index (χ1) is 9.20. The molecule has 0 bridgehead atoms. The largest absolute Gasteiger partial charge is 0.493 e. The Labute approximate surface area is 113 Å². The number of ether oxygens (including phenoxy) is 1. The molecule has 19 heavy (non-hydrogen) atoms. The summed E-state index contributed by atoms with van der Waals surface area (Å²) in [6, 6.07) is 7.60. The smallest absolute Gasteiger partial charge is 0.119 e. The van der Waals surface area contributed by atoms with Crippen LogP contribution in [0.4, 0.5) is 0 Å². The number of rotatable bonds is 6. The van der Waals surface area contributed by atoms with Gasteiger partial charge in [-0.2, -0.15) is 0 Å². The van der Waals surface area contributed by atoms with Crippen LogP contribution in [0, 0.1) is 0 Å². The van der Waals surface area contributed by atoms with Crippen LogP contribution in [0.3, 0.4) is 0 Å². The fourth-order valence-corrected chi connectivity index (χ4v) is 1.92. The molecule has 1 atom stereocenters. The van der Waals surface area contributed by atoms with E-state index in [1.165, 1.54) is 0 Å². The van der Waals surface area contributed by atoms with E-state index in [9.17, 15) is 5.11 Å². The molecule has 0 saturated carbocycles. The lowest BCUT2D eigenvalue weighted by atomic mass is 10.1. The van der Waals surface area contributed by atoms with Crippen LogP contribution in [0.25, 0.3) is 0 Å². The molecule has 0 aliphatic rings. The third-order valence-corrected chi connectivity index (χ3v) is 3.17. The van der Waals surface area contributed by atoms with Gasteiger partial charge >= 0.3 is 0 Å². The average molecular weight is 260 g/mol. The Bertz CT molecular complexity index is 505. The zero-order chi connectivity index (χ0) is 13.7. The maximum absolute atomic E-state index is 9.70. The number of aliphatic hydroxyl groups excluding tert-OH is 1. The summed E-state index contributed by atoms with van der Waals surface area (Å²) in [7, 11) is 1.98. The van der Waals surface area contributed by atoms with E-state index in [0.29, 0.717) is 6.61 Å². The van der Waals surface area contributed by atoms with Gasteiger partial charge in [0.2, 0.25) is 0 Å². The molecule has 1 unspecified atom stereocenters. The van der Waals surface area contributed by atoms with E-state index in [2.05, 4.69) is 4.98 Å². The molecule has 1 heterocycles. The molecule has 1 aromatic carbocycles. The Hall–Kier alpha value is -1.81. The van der Waals surface area contributed by atoms with Crippen molar-refractivity contribution in [3.05, 3.63) is 48.0 Å². The normalized spacial score (nSPS) is 12.4. The number of hydrogen-bond donors (Lipinski definition) is 1. The lowest BCUT2D eigenvalue weighted by molar-refractivity contribution is 0.173. The molecule has 2 aromatic rings. The third-order valence-electron chi connectivity index (χ3n) is 3.17. The second-order valence-corrected chi connectivity index (χ2v) is 4.55. The predicted octanol–water partition coefficient (Wildman–Crippen LogP) is 2.49. The Kier molecular flexibility index (Phi) is 4.58. The van der Waals surface area contributed by atoms with Crippen LogP contribution in [-0.2, 0) is 13.5 Å². The molecular weight excluding hydrogens is 240 g/mol. The van der Waals surface area contributed by atoms with E-state index in [1.807, 2.05) is 49.0 Å². The van der Waals surface area contributed by atoms with Crippen LogP contribution in [0.15, 0.2) is 36.7 Å². The molecule has 4 heteroatoms. The highest BCUT2D eigenvalue weighted by Gasteiger charge is 2.04. The maximum Gasteiger partial charge on any atom is 0.119 e. The number of aryl methyl sites for hydroxylation is 1. The molecule has 0 fully saturated rings. The fraction of sp³-hybridized carbons (Fsp3) is 0.400. The topological polar surface area (TPSA) is 47.3 Å². The van der Waals surface area contributed by atoms with Crippen molar-refractivity contribution in [2.75, 3.05) is 6.61 Å². The van der Waals surface area contributed by atoms with Gasteiger partial charge in [-0.3, -0.25) is 0 Å². The van der Waals surface area contributed by atoms with E-state index in [4.69, 9.17) is 4.74 Å². The first-order valence-electron chi connectivity index (χ1n) is 6.57. The number of aliphatic hydroxyl groups is 1. The molecule has 0 spiro atoms. The Balaban J connectivity index is 1.85. The maximum atomic E-state index is 9.70. The number of aromatic nitrogens is 2. The van der Waals surface area contributed by atoms with Crippen molar-refractivity contribution in [1.29, 1.82) is 0 Å². The lowest BCUT2D eigenvalue weighted by Gasteiger charge is -2.10. The van der Waals surface area contributed by atoms with Crippen LogP contribution in [0.2, 0.25) is 0 Å². The van der Waals surface area contributed by atoms with E-state index < -0.39 is 0 Å². The number of benzene rings is 1. The minimum Gasteiger partial charge on any atom is -0.493 e. The first kappa shape index (κ1) is 13.6. The molecule has 0 aliphatic heterocycles. The summed E-state index contributed by atoms with van der Waals surface area (Å²) in [5.74, 6) is 1.83. The molecule has 0 aliphatic carbocycles. The van der Waals surface area contributed by atoms with Gasteiger partial charge in [0.1, 0.15) is 11.6 Å². The van der Waals surface area contributed by atoms with Crippen LogP contribution < -0.4 is 4.74 Å². The molecule has 0 saturated heterocycles. The zero-order valence-electron chi connectivity index (χ0n) is 11.4. The molecule has 102 valence electrons. The highest BCUT2D eigenvalue weighted by atomic mass is 16.5. The zero-order valence-corrected chi connectivity index (χ0v) is 11.4. The standard InChI is InChI=1S/C15H20N2O2/c1-3-14(18)12-4-6-13(7-5-12)19-11-8-15-16-9-10-17(15)2/h4-7,9-10,14,18H,3,8,11H2,1-2H3. The van der Waals surface area contributed by atoms with Crippen molar-refractivity contribution in [3.8, 4) is 5.75 Å². The summed E-state index contributed by atoms with van der Waals surface area (Å²) in [6.45, 7) is 2.56. The van der Waals surface area contributed by atoms with Gasteiger partial charge in [0.15, 0.2) is 0 Å². The van der Waals surface area contributed by atoms with Crippen LogP contribution in [0.1, 0.15) is 30.8 Å². The summed E-state index contributed by atoms with van der Waals surface area (Å²) in [6.07, 6.45) is 4.83. The molecule has 2 rings (SSSR count). The van der Waals surface area contributed by atoms with Gasteiger partial charge < -0.3 is 14.4 Å². The lowest BCUT2D eigenvalue weighted by Crippen LogP contribution is -2.06. The van der Waals surface area contributed by atoms with Crippen LogP contribution in [0.5, 0.6) is 5.75 Å². The number of imidazole rings is 1. The van der Waals surface area contributed by atoms with Crippen LogP contribution in [-0.4, -0.2) is 21.3 Å². The Morgan fingerprint density at radius 1 is 1.32 bits per heavy atom. The SMILES string of the molecule is CCC(O)c1ccc(OCCc2nccn2C)cc1. The van der Waals surface area contributed by atoms with Gasteiger partial charge in [-0.15, -0.1) is 0 Å². The van der Waals surface area contributed by atoms with E-state index in [1.54, 1.807) is 6.20 Å². The summed E-state index contributed by atoms with van der Waals surface area (Å²) < 4.78 is 7.66. The highest BCUT2D eigenvalue weighted by molar-refractivity contribution is 5.28. The number of nitrogens with zero attached hydrogens (tertiary/aromatic N) is 2. The summed E-state index contributed by atoms with van der Waals surface area (Å²) in [5, 5.41) is 9.70. The average Bonchev–Trinajstić information content (AvgIpc) is 2.84. The minimum absolute atomic E-state index is 0.387. The van der Waals surface area contributed by atoms with Gasteiger partial charge in [0.05, 0.1) is 12.7 Å². The fourth-order valence-electron chi connectivity index (χ4n) is 1.92. The summed E-state index contributed by atoms with van der Waals surface area (Å²) in [5.41, 5.74) is 0.930. The number of hydrogen-bond acceptors (Lipinski definition) is 3. The van der Waals surface area contributed by atoms with Crippen molar-refractivity contribution in [3.63, 3.8) is 0 Å². The predicted molar refractivity (Wildman–Crippen MR) is 74.1 cm³/mol. The van der Waals surface area contributed by atoms with Crippen molar-refractivity contribution < 1.29 is 9.84 Å². The Morgan fingerprint density at radius 2 is 2.05 bits per heavy atom. The molecule has 0 amide bonds. The second kappa shape index (κ2) is 6.38. The van der Waals surface area contributed by atoms with E-state index >= 15 is 0 Å². The van der Waals surface area contributed by atoms with Gasteiger partial charge in [0.25, 0.3) is 0 Å². The monoisotopic (exact) mass is 260 g/mol. The third kappa shape index (κ3) is 3.58. The van der Waals surface area contributed by atoms with Crippen molar-refractivity contribution >= 4 is 0 Å². The molecule has 1 N–H and O–H groups in total. The van der Waals surface area contributed by atoms with Crippen molar-refractivity contribution in [2.45, 2.75) is 25.9 Å². The molecule has 0 radical (unpaired) electrons. The second-order valence-electron chi connectivity index (χ2n) is 4.55. The quantitative estimate of drug-likeness (QED) is 0.868. The first-order valence-corrected chi connectivity index (χ1v) is 6.57.